The molecule has 0 aliphatic rings. The first-order chi connectivity index (χ1) is 7.34. The van der Waals surface area contributed by atoms with Crippen LogP contribution in [0.15, 0.2) is 39.6 Å². The summed E-state index contributed by atoms with van der Waals surface area (Å²) in [5.74, 6) is 0. The Morgan fingerprint density at radius 1 is 1.07 bits per heavy atom. The zero-order valence-electron chi connectivity index (χ0n) is 7.61. The third-order valence-corrected chi connectivity index (χ3v) is 4.74. The van der Waals surface area contributed by atoms with Crippen molar-refractivity contribution in [2.75, 3.05) is 0 Å². The lowest BCUT2D eigenvalue weighted by molar-refractivity contribution is 1.37. The average Bonchev–Trinajstić information content (AvgIpc) is 2.83. The van der Waals surface area contributed by atoms with Crippen molar-refractivity contribution in [3.63, 3.8) is 0 Å². The van der Waals surface area contributed by atoms with Crippen molar-refractivity contribution < 1.29 is 0 Å². The lowest BCUT2D eigenvalue weighted by atomic mass is 10.2. The first kappa shape index (κ1) is 9.51. The highest BCUT2D eigenvalue weighted by Crippen LogP contribution is 2.35. The molecule has 0 saturated carbocycles. The number of fused-ring (bicyclic) bond motifs is 1. The van der Waals surface area contributed by atoms with E-state index in [1.165, 1.54) is 15.6 Å². The third-order valence-electron chi connectivity index (χ3n) is 2.19. The SMILES string of the molecule is Brc1csc(-c2csc3ccccc23)n1. The lowest BCUT2D eigenvalue weighted by Gasteiger charge is -1.92. The fraction of sp³-hybridized carbons (Fsp3) is 0. The second-order valence-corrected chi connectivity index (χ2v) is 5.70. The van der Waals surface area contributed by atoms with E-state index in [1.807, 2.05) is 5.38 Å². The Labute approximate surface area is 104 Å². The Morgan fingerprint density at radius 2 is 1.93 bits per heavy atom. The Balaban J connectivity index is 2.27. The topological polar surface area (TPSA) is 12.9 Å². The van der Waals surface area contributed by atoms with Gasteiger partial charge < -0.3 is 0 Å². The van der Waals surface area contributed by atoms with E-state index in [0.717, 1.165) is 9.61 Å². The van der Waals surface area contributed by atoms with Crippen LogP contribution in [0.4, 0.5) is 0 Å². The smallest absolute Gasteiger partial charge is 0.126 e. The van der Waals surface area contributed by atoms with Crippen LogP contribution in [0.5, 0.6) is 0 Å². The second-order valence-electron chi connectivity index (χ2n) is 3.12. The van der Waals surface area contributed by atoms with Crippen molar-refractivity contribution in [1.82, 2.24) is 4.98 Å². The van der Waals surface area contributed by atoms with Crippen molar-refractivity contribution in [2.45, 2.75) is 0 Å². The molecule has 2 aromatic heterocycles. The third kappa shape index (κ3) is 1.62. The highest BCUT2D eigenvalue weighted by Gasteiger charge is 2.08. The molecule has 1 aromatic carbocycles. The molecule has 0 spiro atoms. The molecular weight excluding hydrogens is 290 g/mol. The van der Waals surface area contributed by atoms with Crippen LogP contribution in [0.25, 0.3) is 20.7 Å². The largest absolute Gasteiger partial charge is 0.229 e. The summed E-state index contributed by atoms with van der Waals surface area (Å²) in [5.41, 5.74) is 1.24. The summed E-state index contributed by atoms with van der Waals surface area (Å²) < 4.78 is 2.23. The summed E-state index contributed by atoms with van der Waals surface area (Å²) in [6.45, 7) is 0. The number of hydrogen-bond acceptors (Lipinski definition) is 3. The Morgan fingerprint density at radius 3 is 2.73 bits per heavy atom. The molecule has 4 heteroatoms. The number of thiophene rings is 1. The highest BCUT2D eigenvalue weighted by atomic mass is 79.9. The summed E-state index contributed by atoms with van der Waals surface area (Å²) >= 11 is 6.82. The van der Waals surface area contributed by atoms with E-state index in [2.05, 4.69) is 50.6 Å². The molecule has 15 heavy (non-hydrogen) atoms. The molecule has 74 valence electrons. The van der Waals surface area contributed by atoms with Crippen LogP contribution < -0.4 is 0 Å². The second kappa shape index (κ2) is 3.70. The number of aromatic nitrogens is 1. The first-order valence-electron chi connectivity index (χ1n) is 4.42. The van der Waals surface area contributed by atoms with Gasteiger partial charge in [-0.05, 0) is 22.0 Å². The Bertz CT molecular complexity index is 612. The van der Waals surface area contributed by atoms with E-state index in [4.69, 9.17) is 0 Å². The molecule has 0 atom stereocenters. The summed E-state index contributed by atoms with van der Waals surface area (Å²) in [4.78, 5) is 4.45. The van der Waals surface area contributed by atoms with Crippen LogP contribution in [0.3, 0.4) is 0 Å². The lowest BCUT2D eigenvalue weighted by Crippen LogP contribution is -1.72. The van der Waals surface area contributed by atoms with Gasteiger partial charge in [0, 0.05) is 26.4 Å². The minimum atomic E-state index is 0.915. The number of thiazole rings is 1. The van der Waals surface area contributed by atoms with E-state index in [0.29, 0.717) is 0 Å². The van der Waals surface area contributed by atoms with E-state index >= 15 is 0 Å². The molecule has 0 aliphatic carbocycles. The van der Waals surface area contributed by atoms with E-state index in [9.17, 15) is 0 Å². The highest BCUT2D eigenvalue weighted by molar-refractivity contribution is 9.10. The van der Waals surface area contributed by atoms with Gasteiger partial charge in [-0.25, -0.2) is 4.98 Å². The zero-order chi connectivity index (χ0) is 10.3. The molecule has 3 rings (SSSR count). The molecule has 0 aliphatic heterocycles. The van der Waals surface area contributed by atoms with Gasteiger partial charge in [0.25, 0.3) is 0 Å². The van der Waals surface area contributed by atoms with Crippen molar-refractivity contribution >= 4 is 48.7 Å². The molecule has 2 heterocycles. The zero-order valence-corrected chi connectivity index (χ0v) is 10.8. The molecular formula is C11H6BrNS2. The van der Waals surface area contributed by atoms with Gasteiger partial charge in [-0.3, -0.25) is 0 Å². The van der Waals surface area contributed by atoms with Crippen LogP contribution >= 0.6 is 38.6 Å². The predicted molar refractivity (Wildman–Crippen MR) is 70.6 cm³/mol. The summed E-state index contributed by atoms with van der Waals surface area (Å²) in [6.07, 6.45) is 0. The van der Waals surface area contributed by atoms with Crippen LogP contribution in [0.2, 0.25) is 0 Å². The standard InChI is InChI=1S/C11H6BrNS2/c12-10-6-15-11(13-10)8-5-14-9-4-2-1-3-7(8)9/h1-6H. The molecule has 0 fully saturated rings. The van der Waals surface area contributed by atoms with Gasteiger partial charge in [0.15, 0.2) is 0 Å². The number of halogens is 1. The van der Waals surface area contributed by atoms with Gasteiger partial charge >= 0.3 is 0 Å². The molecule has 1 nitrogen and oxygen atoms in total. The number of hydrogen-bond donors (Lipinski definition) is 0. The maximum absolute atomic E-state index is 4.45. The van der Waals surface area contributed by atoms with Crippen LogP contribution in [0.1, 0.15) is 0 Å². The predicted octanol–water partition coefficient (Wildman–Crippen LogP) is 4.79. The van der Waals surface area contributed by atoms with Crippen LogP contribution in [-0.4, -0.2) is 4.98 Å². The molecule has 0 saturated heterocycles. The summed E-state index contributed by atoms with van der Waals surface area (Å²) in [7, 11) is 0. The quantitative estimate of drug-likeness (QED) is 0.629. The maximum atomic E-state index is 4.45. The van der Waals surface area contributed by atoms with Crippen LogP contribution in [0, 0.1) is 0 Å². The van der Waals surface area contributed by atoms with Crippen molar-refractivity contribution in [2.24, 2.45) is 0 Å². The molecule has 0 amide bonds. The molecule has 0 N–H and O–H groups in total. The molecule has 0 bridgehead atoms. The Kier molecular flexibility index (Phi) is 2.35. The summed E-state index contributed by atoms with van der Waals surface area (Å²) in [6, 6.07) is 8.43. The minimum absolute atomic E-state index is 0.915. The van der Waals surface area contributed by atoms with Gasteiger partial charge in [-0.2, -0.15) is 0 Å². The average molecular weight is 296 g/mol. The van der Waals surface area contributed by atoms with E-state index in [-0.39, 0.29) is 0 Å². The summed E-state index contributed by atoms with van der Waals surface area (Å²) in [5, 5.41) is 6.57. The molecule has 3 aromatic rings. The first-order valence-corrected chi connectivity index (χ1v) is 6.97. The monoisotopic (exact) mass is 295 g/mol. The van der Waals surface area contributed by atoms with Crippen molar-refractivity contribution in [1.29, 1.82) is 0 Å². The number of nitrogens with zero attached hydrogens (tertiary/aromatic N) is 1. The van der Waals surface area contributed by atoms with Gasteiger partial charge in [-0.15, -0.1) is 22.7 Å². The van der Waals surface area contributed by atoms with E-state index in [1.54, 1.807) is 22.7 Å². The van der Waals surface area contributed by atoms with Crippen molar-refractivity contribution in [3.05, 3.63) is 39.6 Å². The van der Waals surface area contributed by atoms with Crippen LogP contribution in [-0.2, 0) is 0 Å². The molecule has 0 radical (unpaired) electrons. The number of benzene rings is 1. The van der Waals surface area contributed by atoms with Gasteiger partial charge in [0.2, 0.25) is 0 Å². The number of rotatable bonds is 1. The van der Waals surface area contributed by atoms with E-state index < -0.39 is 0 Å². The fourth-order valence-electron chi connectivity index (χ4n) is 1.52. The van der Waals surface area contributed by atoms with Crippen molar-refractivity contribution in [3.8, 4) is 10.6 Å². The van der Waals surface area contributed by atoms with Gasteiger partial charge in [0.1, 0.15) is 9.61 Å². The normalized spacial score (nSPS) is 11.0. The maximum Gasteiger partial charge on any atom is 0.126 e. The Hall–Kier alpha value is -0.710. The fourth-order valence-corrected chi connectivity index (χ4v) is 3.82. The van der Waals surface area contributed by atoms with Gasteiger partial charge in [0.05, 0.1) is 0 Å². The molecule has 0 unspecified atom stereocenters. The minimum Gasteiger partial charge on any atom is -0.229 e. The van der Waals surface area contributed by atoms with Gasteiger partial charge in [-0.1, -0.05) is 18.2 Å².